The second kappa shape index (κ2) is 4.10. The van der Waals surface area contributed by atoms with Crippen LogP contribution in [0.2, 0.25) is 0 Å². The van der Waals surface area contributed by atoms with Gasteiger partial charge in [0.25, 0.3) is 0 Å². The quantitative estimate of drug-likeness (QED) is 0.775. The zero-order valence-corrected chi connectivity index (χ0v) is 11.2. The zero-order valence-electron chi connectivity index (χ0n) is 10.4. The molecule has 0 atom stereocenters. The largest absolute Gasteiger partial charge is 0.399 e. The number of nitrogens with two attached hydrogens (primary N) is 1. The molecule has 1 aromatic carbocycles. The lowest BCUT2D eigenvalue weighted by molar-refractivity contribution is 0.0351. The summed E-state index contributed by atoms with van der Waals surface area (Å²) < 4.78 is 1.13. The van der Waals surface area contributed by atoms with Gasteiger partial charge in [0.15, 0.2) is 5.13 Å². The zero-order chi connectivity index (χ0) is 12.8. The van der Waals surface area contributed by atoms with Crippen LogP contribution in [-0.4, -0.2) is 28.8 Å². The number of fused-ring (bicyclic) bond motifs is 1. The SMILES string of the molecule is CC1(O)CCN(c2nc3ccc(N)cc3s2)CC1. The fourth-order valence-electron chi connectivity index (χ4n) is 2.24. The van der Waals surface area contributed by atoms with E-state index in [9.17, 15) is 5.11 Å². The monoisotopic (exact) mass is 263 g/mol. The Morgan fingerprint density at radius 3 is 2.83 bits per heavy atom. The van der Waals surface area contributed by atoms with Crippen molar-refractivity contribution in [3.63, 3.8) is 0 Å². The van der Waals surface area contributed by atoms with Crippen LogP contribution < -0.4 is 10.6 Å². The molecule has 5 heteroatoms. The highest BCUT2D eigenvalue weighted by atomic mass is 32.1. The van der Waals surface area contributed by atoms with E-state index in [1.165, 1.54) is 0 Å². The number of anilines is 2. The molecular weight excluding hydrogens is 246 g/mol. The van der Waals surface area contributed by atoms with Gasteiger partial charge in [-0.25, -0.2) is 4.98 Å². The van der Waals surface area contributed by atoms with Gasteiger partial charge in [0.2, 0.25) is 0 Å². The Balaban J connectivity index is 1.87. The van der Waals surface area contributed by atoms with Crippen molar-refractivity contribution in [2.45, 2.75) is 25.4 Å². The molecule has 3 N–H and O–H groups in total. The van der Waals surface area contributed by atoms with Crippen molar-refractivity contribution < 1.29 is 5.11 Å². The van der Waals surface area contributed by atoms with Crippen LogP contribution in [0.4, 0.5) is 10.8 Å². The predicted octanol–water partition coefficient (Wildman–Crippen LogP) is 2.23. The van der Waals surface area contributed by atoms with Crippen molar-refractivity contribution in [2.24, 2.45) is 0 Å². The smallest absolute Gasteiger partial charge is 0.186 e. The number of aromatic nitrogens is 1. The molecule has 1 saturated heterocycles. The van der Waals surface area contributed by atoms with Crippen LogP contribution in [0, 0.1) is 0 Å². The second-order valence-corrected chi connectivity index (χ2v) is 6.22. The molecule has 2 aromatic rings. The van der Waals surface area contributed by atoms with E-state index in [2.05, 4.69) is 9.88 Å². The summed E-state index contributed by atoms with van der Waals surface area (Å²) in [5, 5.41) is 11.0. The van der Waals surface area contributed by atoms with Crippen molar-refractivity contribution in [3.8, 4) is 0 Å². The Bertz CT molecular complexity index is 569. The molecule has 0 spiro atoms. The molecule has 0 saturated carbocycles. The Labute approximate surface area is 110 Å². The van der Waals surface area contributed by atoms with Crippen LogP contribution in [0.15, 0.2) is 18.2 Å². The average molecular weight is 263 g/mol. The van der Waals surface area contributed by atoms with E-state index in [0.29, 0.717) is 0 Å². The first-order chi connectivity index (χ1) is 8.53. The van der Waals surface area contributed by atoms with Gasteiger partial charge in [0.05, 0.1) is 15.8 Å². The minimum atomic E-state index is -0.516. The number of nitrogen functional groups attached to an aromatic ring is 1. The molecule has 3 rings (SSSR count). The molecule has 1 aromatic heterocycles. The number of nitrogens with zero attached hydrogens (tertiary/aromatic N) is 2. The lowest BCUT2D eigenvalue weighted by Gasteiger charge is -2.35. The molecule has 1 aliphatic heterocycles. The van der Waals surface area contributed by atoms with Gasteiger partial charge in [-0.3, -0.25) is 0 Å². The molecule has 1 aliphatic rings. The topological polar surface area (TPSA) is 62.4 Å². The molecule has 2 heterocycles. The highest BCUT2D eigenvalue weighted by molar-refractivity contribution is 7.22. The highest BCUT2D eigenvalue weighted by Gasteiger charge is 2.28. The van der Waals surface area contributed by atoms with Crippen molar-refractivity contribution in [1.29, 1.82) is 0 Å². The first-order valence-electron chi connectivity index (χ1n) is 6.17. The van der Waals surface area contributed by atoms with E-state index in [-0.39, 0.29) is 0 Å². The van der Waals surface area contributed by atoms with Gasteiger partial charge < -0.3 is 15.7 Å². The van der Waals surface area contributed by atoms with Gasteiger partial charge in [-0.15, -0.1) is 0 Å². The maximum atomic E-state index is 9.96. The number of hydrogen-bond acceptors (Lipinski definition) is 5. The fraction of sp³-hybridized carbons (Fsp3) is 0.462. The van der Waals surface area contributed by atoms with Crippen LogP contribution in [0.3, 0.4) is 0 Å². The van der Waals surface area contributed by atoms with Crippen molar-refractivity contribution >= 4 is 32.4 Å². The first-order valence-corrected chi connectivity index (χ1v) is 6.99. The molecular formula is C13H17N3OS. The lowest BCUT2D eigenvalue weighted by atomic mass is 9.94. The van der Waals surface area contributed by atoms with Gasteiger partial charge in [0.1, 0.15) is 0 Å². The van der Waals surface area contributed by atoms with Gasteiger partial charge in [-0.1, -0.05) is 11.3 Å². The van der Waals surface area contributed by atoms with Gasteiger partial charge in [0, 0.05) is 18.8 Å². The third kappa shape index (κ3) is 2.15. The van der Waals surface area contributed by atoms with Crippen LogP contribution in [0.25, 0.3) is 10.2 Å². The van der Waals surface area contributed by atoms with Gasteiger partial charge in [-0.05, 0) is 38.0 Å². The van der Waals surface area contributed by atoms with Crippen molar-refractivity contribution in [1.82, 2.24) is 4.98 Å². The maximum absolute atomic E-state index is 9.96. The summed E-state index contributed by atoms with van der Waals surface area (Å²) in [6.07, 6.45) is 1.59. The Kier molecular flexibility index (Phi) is 2.68. The molecule has 0 unspecified atom stereocenters. The predicted molar refractivity (Wildman–Crippen MR) is 76.1 cm³/mol. The standard InChI is InChI=1S/C13H17N3OS/c1-13(17)4-6-16(7-5-13)12-15-10-3-2-9(14)8-11(10)18-12/h2-3,8,17H,4-7,14H2,1H3. The van der Waals surface area contributed by atoms with Crippen LogP contribution in [0.5, 0.6) is 0 Å². The van der Waals surface area contributed by atoms with Crippen LogP contribution >= 0.6 is 11.3 Å². The average Bonchev–Trinajstić information content (AvgIpc) is 2.71. The summed E-state index contributed by atoms with van der Waals surface area (Å²) in [6, 6.07) is 5.81. The van der Waals surface area contributed by atoms with Crippen molar-refractivity contribution in [3.05, 3.63) is 18.2 Å². The Morgan fingerprint density at radius 2 is 2.11 bits per heavy atom. The Hall–Kier alpha value is -1.33. The number of aliphatic hydroxyl groups is 1. The fourth-order valence-corrected chi connectivity index (χ4v) is 3.31. The second-order valence-electron chi connectivity index (χ2n) is 5.21. The number of piperidine rings is 1. The normalized spacial score (nSPS) is 19.3. The molecule has 18 heavy (non-hydrogen) atoms. The third-order valence-corrected chi connectivity index (χ3v) is 4.59. The number of benzene rings is 1. The lowest BCUT2D eigenvalue weighted by Crippen LogP contribution is -2.42. The summed E-state index contributed by atoms with van der Waals surface area (Å²) in [4.78, 5) is 6.88. The molecule has 1 fully saturated rings. The minimum absolute atomic E-state index is 0.516. The first kappa shape index (κ1) is 11.7. The van der Waals surface area contributed by atoms with E-state index in [1.54, 1.807) is 11.3 Å². The van der Waals surface area contributed by atoms with Gasteiger partial charge >= 0.3 is 0 Å². The van der Waals surface area contributed by atoms with E-state index in [1.807, 2.05) is 25.1 Å². The molecule has 0 aliphatic carbocycles. The van der Waals surface area contributed by atoms with Crippen molar-refractivity contribution in [2.75, 3.05) is 23.7 Å². The minimum Gasteiger partial charge on any atom is -0.399 e. The van der Waals surface area contributed by atoms with Crippen LogP contribution in [0.1, 0.15) is 19.8 Å². The summed E-state index contributed by atoms with van der Waals surface area (Å²) >= 11 is 1.67. The van der Waals surface area contributed by atoms with E-state index in [0.717, 1.165) is 47.0 Å². The highest BCUT2D eigenvalue weighted by Crippen LogP contribution is 2.33. The van der Waals surface area contributed by atoms with E-state index >= 15 is 0 Å². The van der Waals surface area contributed by atoms with Gasteiger partial charge in [-0.2, -0.15) is 0 Å². The van der Waals surface area contributed by atoms with Crippen LogP contribution in [-0.2, 0) is 0 Å². The molecule has 0 amide bonds. The number of rotatable bonds is 1. The van der Waals surface area contributed by atoms with E-state index < -0.39 is 5.60 Å². The third-order valence-electron chi connectivity index (χ3n) is 3.51. The summed E-state index contributed by atoms with van der Waals surface area (Å²) in [6.45, 7) is 3.63. The summed E-state index contributed by atoms with van der Waals surface area (Å²) in [5.74, 6) is 0. The molecule has 96 valence electrons. The maximum Gasteiger partial charge on any atom is 0.186 e. The number of thiazole rings is 1. The molecule has 0 radical (unpaired) electrons. The van der Waals surface area contributed by atoms with E-state index in [4.69, 9.17) is 5.73 Å². The Morgan fingerprint density at radius 1 is 1.39 bits per heavy atom. The molecule has 0 bridgehead atoms. The molecule has 4 nitrogen and oxygen atoms in total. The summed E-state index contributed by atoms with van der Waals surface area (Å²) in [7, 11) is 0. The summed E-state index contributed by atoms with van der Waals surface area (Å²) in [5.41, 5.74) is 7.04. The number of hydrogen-bond donors (Lipinski definition) is 2.